The zero-order valence-corrected chi connectivity index (χ0v) is 11.8. The minimum Gasteiger partial charge on any atom is -0.496 e. The SMILES string of the molecule is [B]C([B])(N)C([B])([B])c1cc(OC)c(Br)cc1OC. The van der Waals surface area contributed by atoms with Crippen molar-refractivity contribution in [3.05, 3.63) is 22.2 Å². The summed E-state index contributed by atoms with van der Waals surface area (Å²) in [5.74, 6) is 0.911. The van der Waals surface area contributed by atoms with Gasteiger partial charge in [-0.2, -0.15) is 0 Å². The van der Waals surface area contributed by atoms with Gasteiger partial charge in [0, 0.05) is 0 Å². The summed E-state index contributed by atoms with van der Waals surface area (Å²) >= 11 is 3.32. The molecule has 0 aliphatic heterocycles. The van der Waals surface area contributed by atoms with E-state index in [0.717, 1.165) is 0 Å². The first-order valence-electron chi connectivity index (χ1n) is 5.01. The Morgan fingerprint density at radius 3 is 1.94 bits per heavy atom. The summed E-state index contributed by atoms with van der Waals surface area (Å²) in [6.45, 7) is 0. The minimum atomic E-state index is -1.82. The maximum Gasteiger partial charge on any atom is 0.133 e. The third-order valence-corrected chi connectivity index (χ3v) is 3.26. The van der Waals surface area contributed by atoms with Crippen molar-refractivity contribution in [1.82, 2.24) is 0 Å². The van der Waals surface area contributed by atoms with Crippen LogP contribution in [0.15, 0.2) is 16.6 Å². The summed E-state index contributed by atoms with van der Waals surface area (Å²) in [5.41, 5.74) is 5.94. The quantitative estimate of drug-likeness (QED) is 0.790. The lowest BCUT2D eigenvalue weighted by molar-refractivity contribution is 0.393. The Hall–Kier alpha value is -0.480. The molecule has 0 spiro atoms. The molecular formula is C10H10B4BrNO2. The largest absolute Gasteiger partial charge is 0.496 e. The van der Waals surface area contributed by atoms with Gasteiger partial charge in [0.1, 0.15) is 11.5 Å². The fourth-order valence-electron chi connectivity index (χ4n) is 1.42. The molecule has 86 valence electrons. The topological polar surface area (TPSA) is 44.5 Å². The highest BCUT2D eigenvalue weighted by atomic mass is 79.9. The Balaban J connectivity index is 3.48. The average molecular weight is 299 g/mol. The lowest BCUT2D eigenvalue weighted by Gasteiger charge is -2.42. The number of halogens is 1. The Morgan fingerprint density at radius 1 is 1.06 bits per heavy atom. The van der Waals surface area contributed by atoms with Crippen LogP contribution < -0.4 is 15.2 Å². The molecule has 1 aromatic rings. The number of hydrogen-bond donors (Lipinski definition) is 1. The second-order valence-electron chi connectivity index (χ2n) is 3.99. The lowest BCUT2D eigenvalue weighted by Crippen LogP contribution is -2.60. The van der Waals surface area contributed by atoms with E-state index in [0.29, 0.717) is 21.5 Å². The van der Waals surface area contributed by atoms with Crippen LogP contribution in [0.4, 0.5) is 0 Å². The van der Waals surface area contributed by atoms with Crippen LogP contribution in [0.1, 0.15) is 5.56 Å². The van der Waals surface area contributed by atoms with E-state index in [4.69, 9.17) is 46.6 Å². The van der Waals surface area contributed by atoms with Crippen molar-refractivity contribution < 1.29 is 9.47 Å². The van der Waals surface area contributed by atoms with Crippen LogP contribution in [0.5, 0.6) is 11.5 Å². The van der Waals surface area contributed by atoms with Gasteiger partial charge in [-0.1, -0.05) is 10.6 Å². The summed E-state index contributed by atoms with van der Waals surface area (Å²) in [6, 6.07) is 3.22. The van der Waals surface area contributed by atoms with E-state index in [1.54, 1.807) is 12.1 Å². The monoisotopic (exact) mass is 299 g/mol. The predicted octanol–water partition coefficient (Wildman–Crippen LogP) is -0.0944. The van der Waals surface area contributed by atoms with Crippen molar-refractivity contribution in [2.45, 2.75) is 10.6 Å². The normalized spacial score (nSPS) is 12.2. The maximum absolute atomic E-state index is 5.92. The van der Waals surface area contributed by atoms with Gasteiger partial charge in [0.25, 0.3) is 0 Å². The third-order valence-electron chi connectivity index (χ3n) is 2.64. The molecule has 0 aromatic heterocycles. The molecule has 18 heavy (non-hydrogen) atoms. The number of methoxy groups -OCH3 is 2. The van der Waals surface area contributed by atoms with E-state index in [9.17, 15) is 0 Å². The molecule has 0 heterocycles. The fraction of sp³-hybridized carbons (Fsp3) is 0.400. The van der Waals surface area contributed by atoms with Gasteiger partial charge < -0.3 is 15.2 Å². The second kappa shape index (κ2) is 5.25. The molecule has 0 saturated carbocycles. The highest BCUT2D eigenvalue weighted by molar-refractivity contribution is 9.10. The van der Waals surface area contributed by atoms with Crippen molar-refractivity contribution in [3.63, 3.8) is 0 Å². The van der Waals surface area contributed by atoms with Gasteiger partial charge in [0.2, 0.25) is 0 Å². The molecule has 0 atom stereocenters. The zero-order valence-electron chi connectivity index (χ0n) is 10.2. The molecule has 0 bridgehead atoms. The van der Waals surface area contributed by atoms with Crippen LogP contribution in [0.2, 0.25) is 0 Å². The number of ether oxygens (including phenoxy) is 2. The molecule has 8 radical (unpaired) electrons. The lowest BCUT2D eigenvalue weighted by atomic mass is 9.32. The van der Waals surface area contributed by atoms with Gasteiger partial charge in [0.15, 0.2) is 0 Å². The summed E-state index contributed by atoms with van der Waals surface area (Å²) in [4.78, 5) is 0. The van der Waals surface area contributed by atoms with Gasteiger partial charge in [0.05, 0.1) is 50.1 Å². The molecule has 0 saturated heterocycles. The smallest absolute Gasteiger partial charge is 0.133 e. The molecule has 3 nitrogen and oxygen atoms in total. The van der Waals surface area contributed by atoms with Crippen molar-refractivity contribution >= 4 is 47.3 Å². The van der Waals surface area contributed by atoms with Crippen LogP contribution in [-0.2, 0) is 5.21 Å². The van der Waals surface area contributed by atoms with Crippen LogP contribution in [0.25, 0.3) is 0 Å². The molecule has 8 heteroatoms. The van der Waals surface area contributed by atoms with Gasteiger partial charge in [-0.25, -0.2) is 0 Å². The Bertz CT molecular complexity index is 448. The first-order chi connectivity index (χ1) is 8.15. The molecule has 0 fully saturated rings. The predicted molar refractivity (Wildman–Crippen MR) is 78.9 cm³/mol. The molecule has 2 N–H and O–H groups in total. The summed E-state index contributed by atoms with van der Waals surface area (Å²) < 4.78 is 11.0. The zero-order chi connectivity index (χ0) is 14.1. The van der Waals surface area contributed by atoms with E-state index in [1.807, 2.05) is 0 Å². The van der Waals surface area contributed by atoms with Crippen LogP contribution in [-0.4, -0.2) is 50.9 Å². The average Bonchev–Trinajstić information content (AvgIpc) is 2.26. The van der Waals surface area contributed by atoms with E-state index in [2.05, 4.69) is 15.9 Å². The minimum absolute atomic E-state index is 0.345. The maximum atomic E-state index is 5.92. The standard InChI is InChI=1S/C10H10B4BrNO2/c1-17-7-4-6(15)8(18-2)3-5(7)9(11,12)10(13,14)16/h3-4H,16H2,1-2H3. The molecule has 0 aliphatic carbocycles. The highest BCUT2D eigenvalue weighted by Crippen LogP contribution is 2.39. The van der Waals surface area contributed by atoms with Gasteiger partial charge >= 0.3 is 0 Å². The summed E-state index contributed by atoms with van der Waals surface area (Å²) in [5, 5.41) is -3.51. The molecular weight excluding hydrogens is 289 g/mol. The molecule has 0 aliphatic rings. The number of nitrogens with two attached hydrogens (primary N) is 1. The number of benzene rings is 1. The number of rotatable bonds is 4. The molecule has 1 aromatic carbocycles. The van der Waals surface area contributed by atoms with Crippen molar-refractivity contribution in [1.29, 1.82) is 0 Å². The van der Waals surface area contributed by atoms with E-state index in [1.165, 1.54) is 14.2 Å². The first-order valence-corrected chi connectivity index (χ1v) is 5.80. The van der Waals surface area contributed by atoms with E-state index >= 15 is 0 Å². The summed E-state index contributed by atoms with van der Waals surface area (Å²) in [7, 11) is 26.0. The molecule has 0 amide bonds. The Labute approximate surface area is 121 Å². The summed E-state index contributed by atoms with van der Waals surface area (Å²) in [6.07, 6.45) is 0. The Morgan fingerprint density at radius 2 is 1.56 bits per heavy atom. The molecule has 0 unspecified atom stereocenters. The first kappa shape index (κ1) is 15.6. The van der Waals surface area contributed by atoms with Crippen LogP contribution in [0.3, 0.4) is 0 Å². The number of hydrogen-bond acceptors (Lipinski definition) is 3. The van der Waals surface area contributed by atoms with Crippen molar-refractivity contribution in [2.24, 2.45) is 5.73 Å². The van der Waals surface area contributed by atoms with Gasteiger partial charge in [-0.05, 0) is 33.6 Å². The van der Waals surface area contributed by atoms with Crippen molar-refractivity contribution in [2.75, 3.05) is 14.2 Å². The molecule has 1 rings (SSSR count). The van der Waals surface area contributed by atoms with Crippen LogP contribution >= 0.6 is 15.9 Å². The van der Waals surface area contributed by atoms with Crippen LogP contribution in [0, 0.1) is 0 Å². The van der Waals surface area contributed by atoms with Gasteiger partial charge in [-0.3, -0.25) is 0 Å². The second-order valence-corrected chi connectivity index (χ2v) is 4.84. The van der Waals surface area contributed by atoms with Crippen molar-refractivity contribution in [3.8, 4) is 11.5 Å². The highest BCUT2D eigenvalue weighted by Gasteiger charge is 2.35. The van der Waals surface area contributed by atoms with E-state index in [-0.39, 0.29) is 0 Å². The van der Waals surface area contributed by atoms with Gasteiger partial charge in [-0.15, -0.1) is 0 Å². The van der Waals surface area contributed by atoms with E-state index < -0.39 is 10.6 Å². The Kier molecular flexibility index (Phi) is 4.55. The fourth-order valence-corrected chi connectivity index (χ4v) is 1.90. The third kappa shape index (κ3) is 2.75.